The van der Waals surface area contributed by atoms with Crippen LogP contribution in [0.25, 0.3) is 0 Å². The highest BCUT2D eigenvalue weighted by atomic mass is 35.5. The van der Waals surface area contributed by atoms with Crippen LogP contribution < -0.4 is 10.6 Å². The van der Waals surface area contributed by atoms with Crippen LogP contribution in [0.3, 0.4) is 0 Å². The molecule has 0 bridgehead atoms. The van der Waals surface area contributed by atoms with E-state index in [4.69, 9.17) is 0 Å². The smallest absolute Gasteiger partial charge is 0.227 e. The Balaban J connectivity index is 0.00000242. The summed E-state index contributed by atoms with van der Waals surface area (Å²) in [6, 6.07) is 10.6. The van der Waals surface area contributed by atoms with Gasteiger partial charge in [0.25, 0.3) is 0 Å². The van der Waals surface area contributed by atoms with Crippen molar-refractivity contribution in [1.82, 2.24) is 15.5 Å². The SMILES string of the molecule is CC(CN(C)Cc1ccccc1)NC(=O)C1(C)CCNC1.Cl. The Labute approximate surface area is 140 Å². The molecule has 4 nitrogen and oxygen atoms in total. The van der Waals surface area contributed by atoms with Crippen LogP contribution in [0.15, 0.2) is 30.3 Å². The number of amides is 1. The molecular formula is C17H28ClN3O. The van der Waals surface area contributed by atoms with Crippen LogP contribution in [0.1, 0.15) is 25.8 Å². The zero-order valence-electron chi connectivity index (χ0n) is 13.8. The number of rotatable bonds is 6. The Bertz CT molecular complexity index is 460. The standard InChI is InChI=1S/C17H27N3O.ClH/c1-14(19-16(21)17(2)9-10-18-13-17)11-20(3)12-15-7-5-4-6-8-15;/h4-8,14,18H,9-13H2,1-3H3,(H,19,21);1H. The van der Waals surface area contributed by atoms with E-state index in [2.05, 4.69) is 53.8 Å². The predicted molar refractivity (Wildman–Crippen MR) is 93.2 cm³/mol. The molecule has 1 aliphatic heterocycles. The van der Waals surface area contributed by atoms with Gasteiger partial charge in [0.05, 0.1) is 5.41 Å². The number of nitrogens with zero attached hydrogens (tertiary/aromatic N) is 1. The van der Waals surface area contributed by atoms with Crippen molar-refractivity contribution in [2.45, 2.75) is 32.9 Å². The van der Waals surface area contributed by atoms with E-state index in [0.29, 0.717) is 0 Å². The zero-order chi connectivity index (χ0) is 15.3. The number of halogens is 1. The molecule has 0 radical (unpaired) electrons. The third kappa shape index (κ3) is 5.27. The van der Waals surface area contributed by atoms with Crippen LogP contribution >= 0.6 is 12.4 Å². The van der Waals surface area contributed by atoms with Gasteiger partial charge in [-0.25, -0.2) is 0 Å². The minimum atomic E-state index is -0.244. The van der Waals surface area contributed by atoms with Crippen molar-refractivity contribution in [2.75, 3.05) is 26.7 Å². The topological polar surface area (TPSA) is 44.4 Å². The summed E-state index contributed by atoms with van der Waals surface area (Å²) in [5.41, 5.74) is 1.05. The van der Waals surface area contributed by atoms with E-state index in [-0.39, 0.29) is 29.8 Å². The first kappa shape index (κ1) is 18.9. The van der Waals surface area contributed by atoms with Crippen LogP contribution in [0.2, 0.25) is 0 Å². The van der Waals surface area contributed by atoms with Gasteiger partial charge in [-0.2, -0.15) is 0 Å². The molecule has 1 fully saturated rings. The van der Waals surface area contributed by atoms with E-state index in [1.165, 1.54) is 5.56 Å². The first-order valence-corrected chi connectivity index (χ1v) is 7.74. The van der Waals surface area contributed by atoms with E-state index in [1.54, 1.807) is 0 Å². The molecule has 2 N–H and O–H groups in total. The number of hydrogen-bond donors (Lipinski definition) is 2. The minimum absolute atomic E-state index is 0. The molecule has 0 saturated carbocycles. The molecule has 5 heteroatoms. The molecule has 1 heterocycles. The van der Waals surface area contributed by atoms with Crippen LogP contribution in [-0.4, -0.2) is 43.5 Å². The summed E-state index contributed by atoms with van der Waals surface area (Å²) in [5.74, 6) is 0.174. The van der Waals surface area contributed by atoms with Crippen molar-refractivity contribution in [3.63, 3.8) is 0 Å². The number of benzene rings is 1. The van der Waals surface area contributed by atoms with Crippen LogP contribution in [0.4, 0.5) is 0 Å². The number of likely N-dealkylation sites (N-methyl/N-ethyl adjacent to an activating group) is 1. The second-order valence-electron chi connectivity index (χ2n) is 6.54. The predicted octanol–water partition coefficient (Wildman–Crippen LogP) is 2.04. The summed E-state index contributed by atoms with van der Waals surface area (Å²) in [4.78, 5) is 14.6. The van der Waals surface area contributed by atoms with Gasteiger partial charge in [-0.3, -0.25) is 4.79 Å². The fourth-order valence-electron chi connectivity index (χ4n) is 2.88. The van der Waals surface area contributed by atoms with Gasteiger partial charge in [0.2, 0.25) is 5.91 Å². The van der Waals surface area contributed by atoms with E-state index < -0.39 is 0 Å². The summed E-state index contributed by atoms with van der Waals surface area (Å²) in [7, 11) is 2.09. The Hall–Kier alpha value is -1.10. The average molecular weight is 326 g/mol. The fourth-order valence-corrected chi connectivity index (χ4v) is 2.88. The number of carbonyl (C=O) groups excluding carboxylic acids is 1. The molecule has 124 valence electrons. The monoisotopic (exact) mass is 325 g/mol. The molecule has 0 spiro atoms. The van der Waals surface area contributed by atoms with Crippen molar-refractivity contribution in [3.05, 3.63) is 35.9 Å². The minimum Gasteiger partial charge on any atom is -0.352 e. The van der Waals surface area contributed by atoms with Crippen molar-refractivity contribution < 1.29 is 4.79 Å². The Kier molecular flexibility index (Phi) is 7.33. The second-order valence-corrected chi connectivity index (χ2v) is 6.54. The molecule has 1 saturated heterocycles. The molecular weight excluding hydrogens is 298 g/mol. The van der Waals surface area contributed by atoms with Crippen molar-refractivity contribution >= 4 is 18.3 Å². The number of hydrogen-bond acceptors (Lipinski definition) is 3. The molecule has 22 heavy (non-hydrogen) atoms. The van der Waals surface area contributed by atoms with Crippen molar-refractivity contribution in [2.24, 2.45) is 5.41 Å². The number of carbonyl (C=O) groups is 1. The van der Waals surface area contributed by atoms with E-state index in [0.717, 1.165) is 32.6 Å². The summed E-state index contributed by atoms with van der Waals surface area (Å²) in [6.07, 6.45) is 0.922. The normalized spacial score (nSPS) is 22.2. The lowest BCUT2D eigenvalue weighted by Crippen LogP contribution is -2.47. The summed E-state index contributed by atoms with van der Waals surface area (Å²) >= 11 is 0. The molecule has 1 aromatic rings. The first-order valence-electron chi connectivity index (χ1n) is 7.74. The molecule has 1 aromatic carbocycles. The van der Waals surface area contributed by atoms with Crippen molar-refractivity contribution in [3.8, 4) is 0 Å². The highest BCUT2D eigenvalue weighted by Gasteiger charge is 2.36. The molecule has 0 aliphatic carbocycles. The maximum atomic E-state index is 12.3. The third-order valence-electron chi connectivity index (χ3n) is 4.18. The maximum Gasteiger partial charge on any atom is 0.227 e. The molecule has 0 aromatic heterocycles. The van der Waals surface area contributed by atoms with Crippen LogP contribution in [-0.2, 0) is 11.3 Å². The number of nitrogens with one attached hydrogen (secondary N) is 2. The lowest BCUT2D eigenvalue weighted by molar-refractivity contribution is -0.130. The average Bonchev–Trinajstić information content (AvgIpc) is 2.87. The molecule has 1 aliphatic rings. The highest BCUT2D eigenvalue weighted by molar-refractivity contribution is 5.85. The second kappa shape index (κ2) is 8.51. The third-order valence-corrected chi connectivity index (χ3v) is 4.18. The van der Waals surface area contributed by atoms with E-state index >= 15 is 0 Å². The van der Waals surface area contributed by atoms with E-state index in [1.807, 2.05) is 13.0 Å². The van der Waals surface area contributed by atoms with E-state index in [9.17, 15) is 4.79 Å². The van der Waals surface area contributed by atoms with Crippen molar-refractivity contribution in [1.29, 1.82) is 0 Å². The summed E-state index contributed by atoms with van der Waals surface area (Å²) in [6.45, 7) is 7.59. The Morgan fingerprint density at radius 1 is 1.41 bits per heavy atom. The zero-order valence-corrected chi connectivity index (χ0v) is 14.6. The first-order chi connectivity index (χ1) is 9.99. The molecule has 2 rings (SSSR count). The van der Waals surface area contributed by atoms with Gasteiger partial charge in [-0.05, 0) is 39.4 Å². The molecule has 2 unspecified atom stereocenters. The largest absolute Gasteiger partial charge is 0.352 e. The van der Waals surface area contributed by atoms with Crippen LogP contribution in [0.5, 0.6) is 0 Å². The Morgan fingerprint density at radius 3 is 2.68 bits per heavy atom. The molecule has 1 amide bonds. The maximum absolute atomic E-state index is 12.3. The van der Waals surface area contributed by atoms with Gasteiger partial charge >= 0.3 is 0 Å². The Morgan fingerprint density at radius 2 is 2.09 bits per heavy atom. The van der Waals surface area contributed by atoms with Gasteiger partial charge in [-0.1, -0.05) is 30.3 Å². The summed E-state index contributed by atoms with van der Waals surface area (Å²) in [5, 5.41) is 6.43. The lowest BCUT2D eigenvalue weighted by atomic mass is 9.88. The quantitative estimate of drug-likeness (QED) is 0.841. The highest BCUT2D eigenvalue weighted by Crippen LogP contribution is 2.24. The van der Waals surface area contributed by atoms with Gasteiger partial charge in [-0.15, -0.1) is 12.4 Å². The molecule has 2 atom stereocenters. The van der Waals surface area contributed by atoms with Gasteiger partial charge in [0.1, 0.15) is 0 Å². The summed E-state index contributed by atoms with van der Waals surface area (Å²) < 4.78 is 0. The fraction of sp³-hybridized carbons (Fsp3) is 0.588. The van der Waals surface area contributed by atoms with Crippen LogP contribution in [0, 0.1) is 5.41 Å². The van der Waals surface area contributed by atoms with Gasteiger partial charge in [0, 0.05) is 25.7 Å². The van der Waals surface area contributed by atoms with Gasteiger partial charge < -0.3 is 15.5 Å². The van der Waals surface area contributed by atoms with Gasteiger partial charge in [0.15, 0.2) is 0 Å². The lowest BCUT2D eigenvalue weighted by Gasteiger charge is -2.27.